The zero-order valence-corrected chi connectivity index (χ0v) is 12.2. The van der Waals surface area contributed by atoms with Crippen LogP contribution in [0.15, 0.2) is 23.1 Å². The van der Waals surface area contributed by atoms with Gasteiger partial charge in [-0.1, -0.05) is 13.0 Å². The van der Waals surface area contributed by atoms with Crippen molar-refractivity contribution in [2.45, 2.75) is 25.7 Å². The minimum atomic E-state index is -0.874. The van der Waals surface area contributed by atoms with Gasteiger partial charge in [0.15, 0.2) is 0 Å². The Bertz CT molecular complexity index is 507. The maximum Gasteiger partial charge on any atom is 0.310 e. The normalized spacial score (nSPS) is 10.8. The van der Waals surface area contributed by atoms with Crippen molar-refractivity contribution in [2.24, 2.45) is 5.41 Å². The van der Waals surface area contributed by atoms with Crippen molar-refractivity contribution in [1.82, 2.24) is 0 Å². The summed E-state index contributed by atoms with van der Waals surface area (Å²) in [4.78, 5) is 12.0. The van der Waals surface area contributed by atoms with E-state index in [2.05, 4.69) is 11.4 Å². The Balaban J connectivity index is 2.93. The predicted octanol–water partition coefficient (Wildman–Crippen LogP) is 3.19. The van der Waals surface area contributed by atoms with Crippen molar-refractivity contribution >= 4 is 23.4 Å². The summed E-state index contributed by atoms with van der Waals surface area (Å²) in [5.41, 5.74) is 0.395. The van der Waals surface area contributed by atoms with Gasteiger partial charge in [0.25, 0.3) is 0 Å². The monoisotopic (exact) mass is 278 g/mol. The van der Waals surface area contributed by atoms with E-state index in [0.717, 1.165) is 10.6 Å². The molecule has 0 fully saturated rings. The number of aliphatic carboxylic acids is 1. The van der Waals surface area contributed by atoms with Crippen LogP contribution in [-0.4, -0.2) is 23.4 Å². The largest absolute Gasteiger partial charge is 0.481 e. The Morgan fingerprint density at radius 3 is 2.74 bits per heavy atom. The third-order valence-electron chi connectivity index (χ3n) is 2.74. The topological polar surface area (TPSA) is 73.1 Å². The first-order valence-electron chi connectivity index (χ1n) is 6.05. The number of benzene rings is 1. The first-order chi connectivity index (χ1) is 8.92. The van der Waals surface area contributed by atoms with Crippen LogP contribution in [0.3, 0.4) is 0 Å². The maximum absolute atomic E-state index is 11.1. The second-order valence-electron chi connectivity index (χ2n) is 4.77. The standard InChI is InChI=1S/C14H18N2O2S/c1-4-19-12-7-5-6-11(10(12)8-15)16-9-14(2,3)13(17)18/h5-7,16H,4,9H2,1-3H3,(H,17,18). The minimum absolute atomic E-state index is 0.275. The highest BCUT2D eigenvalue weighted by Gasteiger charge is 2.27. The minimum Gasteiger partial charge on any atom is -0.481 e. The van der Waals surface area contributed by atoms with Gasteiger partial charge >= 0.3 is 5.97 Å². The number of anilines is 1. The summed E-state index contributed by atoms with van der Waals surface area (Å²) >= 11 is 1.60. The van der Waals surface area contributed by atoms with Crippen LogP contribution in [-0.2, 0) is 4.79 Å². The molecular formula is C14H18N2O2S. The van der Waals surface area contributed by atoms with Crippen molar-refractivity contribution in [3.63, 3.8) is 0 Å². The van der Waals surface area contributed by atoms with Crippen LogP contribution >= 0.6 is 11.8 Å². The number of thioether (sulfide) groups is 1. The predicted molar refractivity (Wildman–Crippen MR) is 77.5 cm³/mol. The fourth-order valence-electron chi connectivity index (χ4n) is 1.46. The van der Waals surface area contributed by atoms with Crippen molar-refractivity contribution in [3.8, 4) is 6.07 Å². The van der Waals surface area contributed by atoms with Gasteiger partial charge in [-0.15, -0.1) is 11.8 Å². The van der Waals surface area contributed by atoms with E-state index in [1.54, 1.807) is 31.7 Å². The Kier molecular flexibility index (Phi) is 5.25. The number of hydrogen-bond donors (Lipinski definition) is 2. The molecule has 0 amide bonds. The Hall–Kier alpha value is -1.67. The Morgan fingerprint density at radius 2 is 2.21 bits per heavy atom. The van der Waals surface area contributed by atoms with Crippen LogP contribution < -0.4 is 5.32 Å². The average molecular weight is 278 g/mol. The molecule has 0 spiro atoms. The molecule has 1 rings (SSSR count). The fraction of sp³-hybridized carbons (Fsp3) is 0.429. The Labute approximate surface area is 117 Å². The first kappa shape index (κ1) is 15.4. The van der Waals surface area contributed by atoms with Crippen LogP contribution in [0.2, 0.25) is 0 Å². The highest BCUT2D eigenvalue weighted by molar-refractivity contribution is 7.99. The van der Waals surface area contributed by atoms with Gasteiger partial charge in [0.2, 0.25) is 0 Å². The van der Waals surface area contributed by atoms with Crippen molar-refractivity contribution in [1.29, 1.82) is 5.26 Å². The van der Waals surface area contributed by atoms with Gasteiger partial charge in [-0.05, 0) is 31.7 Å². The summed E-state index contributed by atoms with van der Waals surface area (Å²) in [5.74, 6) is 0.0243. The zero-order chi connectivity index (χ0) is 14.5. The highest BCUT2D eigenvalue weighted by atomic mass is 32.2. The molecule has 0 aromatic heterocycles. The molecule has 0 bridgehead atoms. The molecule has 0 unspecified atom stereocenters. The van der Waals surface area contributed by atoms with E-state index in [1.807, 2.05) is 19.1 Å². The lowest BCUT2D eigenvalue weighted by Crippen LogP contribution is -2.31. The van der Waals surface area contributed by atoms with E-state index in [0.29, 0.717) is 11.3 Å². The molecule has 0 atom stereocenters. The van der Waals surface area contributed by atoms with Gasteiger partial charge in [-0.25, -0.2) is 0 Å². The van der Waals surface area contributed by atoms with E-state index in [4.69, 9.17) is 5.11 Å². The number of carboxylic acid groups (broad SMARTS) is 1. The fourth-order valence-corrected chi connectivity index (χ4v) is 2.25. The molecule has 0 saturated heterocycles. The second kappa shape index (κ2) is 6.48. The molecule has 0 aliphatic heterocycles. The lowest BCUT2D eigenvalue weighted by Gasteiger charge is -2.21. The van der Waals surface area contributed by atoms with Crippen LogP contribution in [0, 0.1) is 16.7 Å². The third kappa shape index (κ3) is 3.90. The van der Waals surface area contributed by atoms with Crippen LogP contribution in [0.4, 0.5) is 5.69 Å². The zero-order valence-electron chi connectivity index (χ0n) is 11.4. The first-order valence-corrected chi connectivity index (χ1v) is 7.04. The lowest BCUT2D eigenvalue weighted by molar-refractivity contribution is -0.146. The molecule has 0 radical (unpaired) electrons. The highest BCUT2D eigenvalue weighted by Crippen LogP contribution is 2.28. The number of nitriles is 1. The maximum atomic E-state index is 11.1. The van der Waals surface area contributed by atoms with Crippen molar-refractivity contribution in [2.75, 3.05) is 17.6 Å². The van der Waals surface area contributed by atoms with E-state index < -0.39 is 11.4 Å². The number of carbonyl (C=O) groups is 1. The third-order valence-corrected chi connectivity index (χ3v) is 3.68. The van der Waals surface area contributed by atoms with E-state index in [1.165, 1.54) is 0 Å². The van der Waals surface area contributed by atoms with Gasteiger partial charge in [0, 0.05) is 11.4 Å². The van der Waals surface area contributed by atoms with Crippen molar-refractivity contribution in [3.05, 3.63) is 23.8 Å². The molecule has 1 aromatic rings. The molecule has 0 heterocycles. The van der Waals surface area contributed by atoms with Crippen molar-refractivity contribution < 1.29 is 9.90 Å². The summed E-state index contributed by atoms with van der Waals surface area (Å²) in [6, 6.07) is 7.76. The van der Waals surface area contributed by atoms with Gasteiger partial charge in [-0.2, -0.15) is 5.26 Å². The molecule has 1 aromatic carbocycles. The summed E-state index contributed by atoms with van der Waals surface area (Å²) in [7, 11) is 0. The van der Waals surface area contributed by atoms with Gasteiger partial charge < -0.3 is 10.4 Å². The number of carboxylic acids is 1. The van der Waals surface area contributed by atoms with Crippen LogP contribution in [0.5, 0.6) is 0 Å². The summed E-state index contributed by atoms with van der Waals surface area (Å²) in [6.07, 6.45) is 0. The molecule has 0 aliphatic rings. The summed E-state index contributed by atoms with van der Waals surface area (Å²) in [5, 5.41) is 21.4. The van der Waals surface area contributed by atoms with Gasteiger partial charge in [0.1, 0.15) is 6.07 Å². The Morgan fingerprint density at radius 1 is 1.53 bits per heavy atom. The molecule has 0 aliphatic carbocycles. The molecular weight excluding hydrogens is 260 g/mol. The SMILES string of the molecule is CCSc1cccc(NCC(C)(C)C(=O)O)c1C#N. The molecule has 5 heteroatoms. The number of hydrogen-bond acceptors (Lipinski definition) is 4. The van der Waals surface area contributed by atoms with E-state index >= 15 is 0 Å². The van der Waals surface area contributed by atoms with Crippen LogP contribution in [0.1, 0.15) is 26.3 Å². The quantitative estimate of drug-likeness (QED) is 0.782. The number of nitrogens with zero attached hydrogens (tertiary/aromatic N) is 1. The van der Waals surface area contributed by atoms with Crippen LogP contribution in [0.25, 0.3) is 0 Å². The number of nitrogens with one attached hydrogen (secondary N) is 1. The van der Waals surface area contributed by atoms with E-state index in [9.17, 15) is 10.1 Å². The summed E-state index contributed by atoms with van der Waals surface area (Å²) < 4.78 is 0. The molecule has 2 N–H and O–H groups in total. The lowest BCUT2D eigenvalue weighted by atomic mass is 9.93. The molecule has 102 valence electrons. The molecule has 19 heavy (non-hydrogen) atoms. The molecule has 4 nitrogen and oxygen atoms in total. The molecule has 0 saturated carbocycles. The average Bonchev–Trinajstić information content (AvgIpc) is 2.36. The van der Waals surface area contributed by atoms with Gasteiger partial charge in [-0.3, -0.25) is 4.79 Å². The second-order valence-corrected chi connectivity index (χ2v) is 6.07. The smallest absolute Gasteiger partial charge is 0.310 e. The summed E-state index contributed by atoms with van der Waals surface area (Å²) in [6.45, 7) is 5.61. The number of rotatable bonds is 6. The van der Waals surface area contributed by atoms with E-state index in [-0.39, 0.29) is 6.54 Å². The van der Waals surface area contributed by atoms with Gasteiger partial charge in [0.05, 0.1) is 16.7 Å².